The second-order valence-electron chi connectivity index (χ2n) is 10.7. The first-order chi connectivity index (χ1) is 17.5. The van der Waals surface area contributed by atoms with Gasteiger partial charge in [0.2, 0.25) is 0 Å². The van der Waals surface area contributed by atoms with Crippen molar-refractivity contribution in [1.82, 2.24) is 20.2 Å². The lowest BCUT2D eigenvalue weighted by atomic mass is 9.88. The molecular formula is C32H40N4. The minimum atomic E-state index is -0.110. The van der Waals surface area contributed by atoms with E-state index in [1.165, 1.54) is 49.9 Å². The van der Waals surface area contributed by atoms with Crippen LogP contribution >= 0.6 is 0 Å². The summed E-state index contributed by atoms with van der Waals surface area (Å²) in [4.78, 5) is 3.71. The van der Waals surface area contributed by atoms with Gasteiger partial charge in [-0.05, 0) is 96.6 Å². The number of hydrogen-bond acceptors (Lipinski definition) is 2. The van der Waals surface area contributed by atoms with Crippen LogP contribution < -0.4 is 10.6 Å². The smallest absolute Gasteiger partial charge is 0.0616 e. The number of H-pyrrole nitrogens is 1. The van der Waals surface area contributed by atoms with Crippen molar-refractivity contribution in [1.29, 1.82) is 0 Å². The molecule has 2 unspecified atom stereocenters. The highest BCUT2D eigenvalue weighted by Crippen LogP contribution is 2.49. The van der Waals surface area contributed by atoms with Crippen molar-refractivity contribution >= 4 is 27.9 Å². The van der Waals surface area contributed by atoms with Crippen LogP contribution in [-0.2, 0) is 18.4 Å². The molecule has 0 radical (unpaired) electrons. The lowest BCUT2D eigenvalue weighted by Crippen LogP contribution is -2.23. The van der Waals surface area contributed by atoms with E-state index in [2.05, 4.69) is 108 Å². The zero-order valence-electron chi connectivity index (χ0n) is 22.4. The molecule has 3 heterocycles. The summed E-state index contributed by atoms with van der Waals surface area (Å²) in [6, 6.07) is 17.7. The SMILES string of the molecule is CNCCc1c(C=CC2(C)CC(C=C(C)C)c3c(CCNC)c4ccccc4n32)[nH]c2ccccc12. The van der Waals surface area contributed by atoms with Crippen molar-refractivity contribution in [2.75, 3.05) is 27.2 Å². The Morgan fingerprint density at radius 1 is 0.972 bits per heavy atom. The molecule has 0 amide bonds. The van der Waals surface area contributed by atoms with Gasteiger partial charge in [-0.1, -0.05) is 54.1 Å². The summed E-state index contributed by atoms with van der Waals surface area (Å²) in [5.74, 6) is 0.412. The number of aromatic amines is 1. The minimum Gasteiger partial charge on any atom is -0.355 e. The number of allylic oxidation sites excluding steroid dienone is 3. The predicted molar refractivity (Wildman–Crippen MR) is 155 cm³/mol. The van der Waals surface area contributed by atoms with E-state index in [1.54, 1.807) is 0 Å². The molecule has 0 saturated heterocycles. The van der Waals surface area contributed by atoms with Crippen LogP contribution in [0.1, 0.15) is 55.6 Å². The zero-order chi connectivity index (χ0) is 25.3. The molecule has 2 aromatic heterocycles. The molecule has 2 atom stereocenters. The molecule has 1 aliphatic heterocycles. The number of nitrogens with one attached hydrogen (secondary N) is 3. The van der Waals surface area contributed by atoms with Gasteiger partial charge in [0.05, 0.1) is 5.54 Å². The van der Waals surface area contributed by atoms with Crippen LogP contribution in [0.5, 0.6) is 0 Å². The lowest BCUT2D eigenvalue weighted by Gasteiger charge is -2.25. The van der Waals surface area contributed by atoms with E-state index in [0.717, 1.165) is 32.4 Å². The van der Waals surface area contributed by atoms with Crippen LogP contribution in [0.4, 0.5) is 0 Å². The summed E-state index contributed by atoms with van der Waals surface area (Å²) in [5, 5.41) is 9.42. The number of fused-ring (bicyclic) bond motifs is 4. The van der Waals surface area contributed by atoms with Crippen LogP contribution in [0, 0.1) is 0 Å². The van der Waals surface area contributed by atoms with E-state index in [0.29, 0.717) is 5.92 Å². The van der Waals surface area contributed by atoms with E-state index < -0.39 is 0 Å². The highest BCUT2D eigenvalue weighted by atomic mass is 15.1. The van der Waals surface area contributed by atoms with Crippen LogP contribution in [0.25, 0.3) is 27.9 Å². The van der Waals surface area contributed by atoms with Crippen LogP contribution in [0.3, 0.4) is 0 Å². The van der Waals surface area contributed by atoms with E-state index in [9.17, 15) is 0 Å². The Balaban J connectivity index is 1.65. The summed E-state index contributed by atoms with van der Waals surface area (Å²) in [6.07, 6.45) is 10.4. The Kier molecular flexibility index (Phi) is 6.92. The van der Waals surface area contributed by atoms with Crippen LogP contribution in [0.2, 0.25) is 0 Å². The monoisotopic (exact) mass is 480 g/mol. The number of nitrogens with zero attached hydrogens (tertiary/aromatic N) is 1. The average molecular weight is 481 g/mol. The Hall–Kier alpha value is -3.08. The highest BCUT2D eigenvalue weighted by Gasteiger charge is 2.40. The van der Waals surface area contributed by atoms with Gasteiger partial charge in [0.25, 0.3) is 0 Å². The van der Waals surface area contributed by atoms with Gasteiger partial charge in [-0.25, -0.2) is 0 Å². The third-order valence-corrected chi connectivity index (χ3v) is 7.76. The fourth-order valence-electron chi connectivity index (χ4n) is 6.24. The van der Waals surface area contributed by atoms with Crippen molar-refractivity contribution in [2.24, 2.45) is 0 Å². The van der Waals surface area contributed by atoms with E-state index >= 15 is 0 Å². The standard InChI is InChI=1S/C32H40N4/c1-22(2)20-23-21-32(3,36-30-13-9-7-11-26(30)27(31(23)36)16-19-34-5)17-14-29-25(15-18-33-4)24-10-6-8-12-28(24)35-29/h6-14,17,20,23,33-35H,15-16,18-19,21H2,1-5H3. The maximum Gasteiger partial charge on any atom is 0.0616 e. The van der Waals surface area contributed by atoms with Gasteiger partial charge in [-0.3, -0.25) is 0 Å². The Bertz CT molecular complexity index is 1430. The first-order valence-electron chi connectivity index (χ1n) is 13.3. The molecule has 0 fully saturated rings. The Labute approximate surface area is 215 Å². The van der Waals surface area contributed by atoms with Gasteiger partial charge in [0.15, 0.2) is 0 Å². The average Bonchev–Trinajstić information content (AvgIpc) is 3.48. The molecule has 1 aliphatic rings. The Morgan fingerprint density at radius 2 is 1.64 bits per heavy atom. The zero-order valence-corrected chi connectivity index (χ0v) is 22.4. The molecule has 188 valence electrons. The van der Waals surface area contributed by atoms with Gasteiger partial charge in [-0.15, -0.1) is 0 Å². The van der Waals surface area contributed by atoms with Crippen molar-refractivity contribution in [2.45, 2.75) is 51.5 Å². The third-order valence-electron chi connectivity index (χ3n) is 7.76. The molecular weight excluding hydrogens is 440 g/mol. The van der Waals surface area contributed by atoms with Gasteiger partial charge in [0.1, 0.15) is 0 Å². The van der Waals surface area contributed by atoms with E-state index in [4.69, 9.17) is 0 Å². The molecule has 0 aliphatic carbocycles. The molecule has 0 bridgehead atoms. The predicted octanol–water partition coefficient (Wildman–Crippen LogP) is 6.53. The number of benzene rings is 2. The summed E-state index contributed by atoms with van der Waals surface area (Å²) in [6.45, 7) is 8.81. The van der Waals surface area contributed by atoms with Gasteiger partial charge < -0.3 is 20.2 Å². The number of hydrogen-bond donors (Lipinski definition) is 3. The topological polar surface area (TPSA) is 44.8 Å². The third kappa shape index (κ3) is 4.33. The fraction of sp³-hybridized carbons (Fsp3) is 0.375. The van der Waals surface area contributed by atoms with Gasteiger partial charge in [0, 0.05) is 39.1 Å². The fourth-order valence-corrected chi connectivity index (χ4v) is 6.24. The number of para-hydroxylation sites is 2. The molecule has 0 saturated carbocycles. The largest absolute Gasteiger partial charge is 0.355 e. The molecule has 4 heteroatoms. The first kappa shape index (κ1) is 24.6. The first-order valence-corrected chi connectivity index (χ1v) is 13.3. The molecule has 2 aromatic carbocycles. The maximum atomic E-state index is 3.71. The van der Waals surface area contributed by atoms with E-state index in [1.807, 2.05) is 14.1 Å². The van der Waals surface area contributed by atoms with Crippen LogP contribution in [0.15, 0.2) is 66.3 Å². The highest BCUT2D eigenvalue weighted by molar-refractivity contribution is 5.88. The summed E-state index contributed by atoms with van der Waals surface area (Å²) < 4.78 is 2.64. The number of likely N-dealkylation sites (N-methyl/N-ethyl adjacent to an activating group) is 2. The maximum absolute atomic E-state index is 3.71. The Morgan fingerprint density at radius 3 is 2.36 bits per heavy atom. The number of rotatable bonds is 9. The summed E-state index contributed by atoms with van der Waals surface area (Å²) in [5.41, 5.74) is 9.45. The summed E-state index contributed by atoms with van der Waals surface area (Å²) >= 11 is 0. The second kappa shape index (κ2) is 10.1. The lowest BCUT2D eigenvalue weighted by molar-refractivity contribution is 0.439. The van der Waals surface area contributed by atoms with Crippen molar-refractivity contribution < 1.29 is 0 Å². The quantitative estimate of drug-likeness (QED) is 0.239. The van der Waals surface area contributed by atoms with Crippen LogP contribution in [-0.4, -0.2) is 36.7 Å². The normalized spacial score (nSPS) is 19.5. The molecule has 5 rings (SSSR count). The molecule has 4 nitrogen and oxygen atoms in total. The summed E-state index contributed by atoms with van der Waals surface area (Å²) in [7, 11) is 4.07. The molecule has 3 N–H and O–H groups in total. The molecule has 36 heavy (non-hydrogen) atoms. The van der Waals surface area contributed by atoms with Crippen molar-refractivity contribution in [3.05, 3.63) is 88.8 Å². The second-order valence-corrected chi connectivity index (χ2v) is 10.7. The molecule has 4 aromatic rings. The molecule has 0 spiro atoms. The number of aromatic nitrogens is 2. The van der Waals surface area contributed by atoms with Gasteiger partial charge >= 0.3 is 0 Å². The van der Waals surface area contributed by atoms with Gasteiger partial charge in [-0.2, -0.15) is 0 Å². The van der Waals surface area contributed by atoms with E-state index in [-0.39, 0.29) is 5.54 Å². The van der Waals surface area contributed by atoms with Crippen molar-refractivity contribution in [3.8, 4) is 0 Å². The van der Waals surface area contributed by atoms with Crippen molar-refractivity contribution in [3.63, 3.8) is 0 Å². The minimum absolute atomic E-state index is 0.110.